The Kier molecular flexibility index (Phi) is 2.73. The molecule has 0 unspecified atom stereocenters. The van der Waals surface area contributed by atoms with Crippen LogP contribution in [-0.2, 0) is 0 Å². The Bertz CT molecular complexity index is 233. The molecule has 4 heteroatoms. The van der Waals surface area contributed by atoms with Gasteiger partial charge in [0.05, 0.1) is 16.4 Å². The van der Waals surface area contributed by atoms with E-state index in [-0.39, 0.29) is 11.8 Å². The first kappa shape index (κ1) is 8.36. The number of nitrogens with two attached hydrogens (primary N) is 1. The molecular weight excluding hydrogens is 160 g/mol. The summed E-state index contributed by atoms with van der Waals surface area (Å²) in [6.07, 6.45) is 2.24. The van der Waals surface area contributed by atoms with Gasteiger partial charge in [0, 0.05) is 6.20 Å². The maximum absolute atomic E-state index is 11.3. The first-order valence-electron chi connectivity index (χ1n) is 3.44. The summed E-state index contributed by atoms with van der Waals surface area (Å²) in [6.45, 7) is 1.89. The van der Waals surface area contributed by atoms with E-state index in [4.69, 9.17) is 5.73 Å². The maximum Gasteiger partial charge on any atom is 0.191 e. The summed E-state index contributed by atoms with van der Waals surface area (Å²) in [7, 11) is 0. The number of hydrogen-bond donors (Lipinski definition) is 1. The molecule has 2 N–H and O–H groups in total. The van der Waals surface area contributed by atoms with Gasteiger partial charge in [-0.05, 0) is 6.42 Å². The Morgan fingerprint density at radius 3 is 3.09 bits per heavy atom. The molecule has 11 heavy (non-hydrogen) atoms. The largest absolute Gasteiger partial charge is 0.321 e. The van der Waals surface area contributed by atoms with Crippen molar-refractivity contribution in [3.8, 4) is 0 Å². The number of nitrogens with zero attached hydrogens (tertiary/aromatic N) is 1. The van der Waals surface area contributed by atoms with Crippen molar-refractivity contribution in [2.75, 3.05) is 0 Å². The Balaban J connectivity index is 2.70. The van der Waals surface area contributed by atoms with Crippen LogP contribution in [0.3, 0.4) is 0 Å². The lowest BCUT2D eigenvalue weighted by Gasteiger charge is -2.03. The summed E-state index contributed by atoms with van der Waals surface area (Å²) in [6, 6.07) is -0.365. The minimum atomic E-state index is -0.365. The minimum Gasteiger partial charge on any atom is -0.321 e. The molecule has 0 spiro atoms. The Morgan fingerprint density at radius 2 is 2.64 bits per heavy atom. The molecule has 1 aromatic rings. The van der Waals surface area contributed by atoms with E-state index in [0.29, 0.717) is 11.3 Å². The van der Waals surface area contributed by atoms with Gasteiger partial charge in [-0.3, -0.25) is 9.78 Å². The topological polar surface area (TPSA) is 56.0 Å². The fraction of sp³-hybridized carbons (Fsp3) is 0.429. The van der Waals surface area contributed by atoms with Crippen LogP contribution in [0.5, 0.6) is 0 Å². The Hall–Kier alpha value is -0.740. The number of aromatic nitrogens is 1. The average molecular weight is 170 g/mol. The lowest BCUT2D eigenvalue weighted by Crippen LogP contribution is -2.28. The van der Waals surface area contributed by atoms with E-state index in [1.165, 1.54) is 11.3 Å². The highest BCUT2D eigenvalue weighted by atomic mass is 32.1. The molecule has 0 saturated carbocycles. The van der Waals surface area contributed by atoms with E-state index in [2.05, 4.69) is 4.98 Å². The van der Waals surface area contributed by atoms with Crippen molar-refractivity contribution in [3.63, 3.8) is 0 Å². The number of hydrogen-bond acceptors (Lipinski definition) is 4. The molecule has 0 aliphatic carbocycles. The number of Topliss-reactive ketones (excluding diaryl/α,β-unsaturated/α-hetero) is 1. The normalized spacial score (nSPS) is 12.9. The second-order valence-corrected chi connectivity index (χ2v) is 3.13. The van der Waals surface area contributed by atoms with Crippen molar-refractivity contribution in [1.82, 2.24) is 4.98 Å². The molecule has 0 aliphatic heterocycles. The predicted octanol–water partition coefficient (Wildman–Crippen LogP) is 1.06. The van der Waals surface area contributed by atoms with Gasteiger partial charge in [0.2, 0.25) is 0 Å². The summed E-state index contributed by atoms with van der Waals surface area (Å²) in [5, 5.41) is 0. The summed E-state index contributed by atoms with van der Waals surface area (Å²) < 4.78 is 0. The van der Waals surface area contributed by atoms with Crippen molar-refractivity contribution >= 4 is 17.1 Å². The van der Waals surface area contributed by atoms with E-state index in [9.17, 15) is 4.79 Å². The summed E-state index contributed by atoms with van der Waals surface area (Å²) in [5.74, 6) is -0.00463. The Labute approximate surface area is 69.3 Å². The standard InChI is InChI=1S/C7H10N2OS/c1-2-5(8)7(10)6-3-9-4-11-6/h3-5H,2,8H2,1H3/t5-/m1/s1. The molecule has 3 nitrogen and oxygen atoms in total. The highest BCUT2D eigenvalue weighted by molar-refractivity contribution is 7.11. The van der Waals surface area contributed by atoms with Gasteiger partial charge in [0.15, 0.2) is 5.78 Å². The molecule has 1 rings (SSSR count). The van der Waals surface area contributed by atoms with Crippen LogP contribution >= 0.6 is 11.3 Å². The van der Waals surface area contributed by atoms with E-state index in [0.717, 1.165) is 0 Å². The molecule has 0 radical (unpaired) electrons. The third kappa shape index (κ3) is 1.85. The van der Waals surface area contributed by atoms with Crippen molar-refractivity contribution in [2.45, 2.75) is 19.4 Å². The van der Waals surface area contributed by atoms with Crippen LogP contribution in [0, 0.1) is 0 Å². The van der Waals surface area contributed by atoms with Crippen LogP contribution in [0.1, 0.15) is 23.0 Å². The van der Waals surface area contributed by atoms with Crippen molar-refractivity contribution in [1.29, 1.82) is 0 Å². The highest BCUT2D eigenvalue weighted by Crippen LogP contribution is 2.08. The van der Waals surface area contributed by atoms with Crippen molar-refractivity contribution < 1.29 is 4.79 Å². The zero-order chi connectivity index (χ0) is 8.27. The van der Waals surface area contributed by atoms with Crippen LogP contribution in [-0.4, -0.2) is 16.8 Å². The monoisotopic (exact) mass is 170 g/mol. The average Bonchev–Trinajstić information content (AvgIpc) is 2.53. The highest BCUT2D eigenvalue weighted by Gasteiger charge is 2.14. The van der Waals surface area contributed by atoms with Crippen molar-refractivity contribution in [3.05, 3.63) is 16.6 Å². The third-order valence-electron chi connectivity index (χ3n) is 1.45. The van der Waals surface area contributed by atoms with Gasteiger partial charge in [-0.25, -0.2) is 0 Å². The number of thiazole rings is 1. The number of carbonyl (C=O) groups is 1. The lowest BCUT2D eigenvalue weighted by atomic mass is 10.1. The molecule has 0 bridgehead atoms. The van der Waals surface area contributed by atoms with Crippen LogP contribution in [0.2, 0.25) is 0 Å². The number of ketones is 1. The minimum absolute atomic E-state index is 0.00463. The van der Waals surface area contributed by atoms with Gasteiger partial charge < -0.3 is 5.73 Å². The molecule has 0 aromatic carbocycles. The lowest BCUT2D eigenvalue weighted by molar-refractivity contribution is 0.0963. The van der Waals surface area contributed by atoms with Gasteiger partial charge >= 0.3 is 0 Å². The smallest absolute Gasteiger partial charge is 0.191 e. The zero-order valence-corrected chi connectivity index (χ0v) is 7.10. The fourth-order valence-electron chi connectivity index (χ4n) is 0.706. The van der Waals surface area contributed by atoms with Gasteiger partial charge in [0.25, 0.3) is 0 Å². The molecule has 0 fully saturated rings. The van der Waals surface area contributed by atoms with Gasteiger partial charge in [-0.1, -0.05) is 6.92 Å². The molecule has 1 heterocycles. The third-order valence-corrected chi connectivity index (χ3v) is 2.24. The summed E-state index contributed by atoms with van der Waals surface area (Å²) in [5.41, 5.74) is 7.17. The van der Waals surface area contributed by atoms with Gasteiger partial charge in [0.1, 0.15) is 0 Å². The molecule has 1 aromatic heterocycles. The molecule has 0 saturated heterocycles. The second-order valence-electron chi connectivity index (χ2n) is 2.24. The maximum atomic E-state index is 11.3. The van der Waals surface area contributed by atoms with Gasteiger partial charge in [-0.15, -0.1) is 11.3 Å². The second kappa shape index (κ2) is 3.59. The number of rotatable bonds is 3. The van der Waals surface area contributed by atoms with Crippen LogP contribution in [0.4, 0.5) is 0 Å². The van der Waals surface area contributed by atoms with Gasteiger partial charge in [-0.2, -0.15) is 0 Å². The first-order chi connectivity index (χ1) is 5.25. The van der Waals surface area contributed by atoms with E-state index < -0.39 is 0 Å². The fourth-order valence-corrected chi connectivity index (χ4v) is 1.33. The van der Waals surface area contributed by atoms with E-state index in [1.807, 2.05) is 6.92 Å². The molecular formula is C7H10N2OS. The van der Waals surface area contributed by atoms with Crippen LogP contribution < -0.4 is 5.73 Å². The number of carbonyl (C=O) groups excluding carboxylic acids is 1. The summed E-state index contributed by atoms with van der Waals surface area (Å²) >= 11 is 1.33. The van der Waals surface area contributed by atoms with Crippen molar-refractivity contribution in [2.24, 2.45) is 5.73 Å². The molecule has 0 aliphatic rings. The van der Waals surface area contributed by atoms with E-state index in [1.54, 1.807) is 11.7 Å². The first-order valence-corrected chi connectivity index (χ1v) is 4.32. The predicted molar refractivity (Wildman–Crippen MR) is 44.7 cm³/mol. The SMILES string of the molecule is CC[C@@H](N)C(=O)c1cncs1. The van der Waals surface area contributed by atoms with E-state index >= 15 is 0 Å². The zero-order valence-electron chi connectivity index (χ0n) is 6.28. The molecule has 0 amide bonds. The Morgan fingerprint density at radius 1 is 1.91 bits per heavy atom. The van der Waals surface area contributed by atoms with Crippen LogP contribution in [0.15, 0.2) is 11.7 Å². The summed E-state index contributed by atoms with van der Waals surface area (Å²) in [4.78, 5) is 15.7. The molecule has 60 valence electrons. The quantitative estimate of drug-likeness (QED) is 0.690. The van der Waals surface area contributed by atoms with Crippen LogP contribution in [0.25, 0.3) is 0 Å². The molecule has 1 atom stereocenters.